The number of nitro groups is 1. The molecule has 7 nitrogen and oxygen atoms in total. The van der Waals surface area contributed by atoms with E-state index in [9.17, 15) is 24.8 Å². The topological polar surface area (TPSA) is 101 Å². The Balaban J connectivity index is 1.92. The summed E-state index contributed by atoms with van der Waals surface area (Å²) in [6.45, 7) is 0. The summed E-state index contributed by atoms with van der Waals surface area (Å²) in [5, 5.41) is 20.4. The van der Waals surface area contributed by atoms with Crippen molar-refractivity contribution >= 4 is 51.9 Å². The fourth-order valence-electron chi connectivity index (χ4n) is 2.58. The van der Waals surface area contributed by atoms with Gasteiger partial charge in [-0.1, -0.05) is 54.3 Å². The SMILES string of the molecule is O=C(O)C(c1ccccc1)N1C(=O)/C(=C/c2ccc([N+](=O)[O-])cc2)SC1=S. The highest BCUT2D eigenvalue weighted by molar-refractivity contribution is 8.26. The van der Waals surface area contributed by atoms with Gasteiger partial charge in [-0.25, -0.2) is 4.79 Å². The quantitative estimate of drug-likeness (QED) is 0.354. The molecule has 0 radical (unpaired) electrons. The van der Waals surface area contributed by atoms with E-state index in [1.807, 2.05) is 0 Å². The van der Waals surface area contributed by atoms with Gasteiger partial charge in [0.05, 0.1) is 9.83 Å². The fraction of sp³-hybridized carbons (Fsp3) is 0.0556. The molecule has 1 aliphatic heterocycles. The van der Waals surface area contributed by atoms with Crippen molar-refractivity contribution in [3.8, 4) is 0 Å². The Morgan fingerprint density at radius 1 is 1.19 bits per heavy atom. The Hall–Kier alpha value is -3.04. The van der Waals surface area contributed by atoms with Crippen LogP contribution in [0.3, 0.4) is 0 Å². The predicted molar refractivity (Wildman–Crippen MR) is 105 cm³/mol. The monoisotopic (exact) mass is 400 g/mol. The van der Waals surface area contributed by atoms with Crippen LogP contribution < -0.4 is 0 Å². The van der Waals surface area contributed by atoms with Crippen LogP contribution in [0.15, 0.2) is 59.5 Å². The van der Waals surface area contributed by atoms with E-state index >= 15 is 0 Å². The molecule has 136 valence electrons. The molecule has 1 unspecified atom stereocenters. The lowest BCUT2D eigenvalue weighted by molar-refractivity contribution is -0.384. The molecule has 1 fully saturated rings. The number of nitrogens with zero attached hydrogens (tertiary/aromatic N) is 2. The van der Waals surface area contributed by atoms with Crippen molar-refractivity contribution in [2.24, 2.45) is 0 Å². The van der Waals surface area contributed by atoms with Crippen LogP contribution >= 0.6 is 24.0 Å². The fourth-order valence-corrected chi connectivity index (χ4v) is 3.90. The first-order chi connectivity index (χ1) is 12.9. The van der Waals surface area contributed by atoms with Crippen LogP contribution in [-0.4, -0.2) is 31.1 Å². The maximum Gasteiger partial charge on any atom is 0.331 e. The van der Waals surface area contributed by atoms with E-state index in [0.29, 0.717) is 11.1 Å². The Morgan fingerprint density at radius 2 is 1.81 bits per heavy atom. The number of carboxylic acids is 1. The van der Waals surface area contributed by atoms with E-state index in [1.54, 1.807) is 30.3 Å². The third-order valence-electron chi connectivity index (χ3n) is 3.83. The van der Waals surface area contributed by atoms with Crippen molar-refractivity contribution in [3.63, 3.8) is 0 Å². The van der Waals surface area contributed by atoms with Gasteiger partial charge in [-0.2, -0.15) is 0 Å². The van der Waals surface area contributed by atoms with E-state index in [0.717, 1.165) is 16.7 Å². The third-order valence-corrected chi connectivity index (χ3v) is 5.16. The summed E-state index contributed by atoms with van der Waals surface area (Å²) in [6, 6.07) is 12.8. The van der Waals surface area contributed by atoms with E-state index in [1.165, 1.54) is 30.3 Å². The molecule has 2 aromatic carbocycles. The van der Waals surface area contributed by atoms with Gasteiger partial charge in [-0.3, -0.25) is 19.8 Å². The highest BCUT2D eigenvalue weighted by Gasteiger charge is 2.41. The van der Waals surface area contributed by atoms with Gasteiger partial charge in [-0.05, 0) is 29.3 Å². The largest absolute Gasteiger partial charge is 0.479 e. The number of nitro benzene ring substituents is 1. The van der Waals surface area contributed by atoms with Crippen LogP contribution in [0.2, 0.25) is 0 Å². The number of carbonyl (C=O) groups excluding carboxylic acids is 1. The van der Waals surface area contributed by atoms with Crippen LogP contribution in [0.4, 0.5) is 5.69 Å². The highest BCUT2D eigenvalue weighted by Crippen LogP contribution is 2.38. The summed E-state index contributed by atoms with van der Waals surface area (Å²) in [7, 11) is 0. The minimum atomic E-state index is -1.22. The van der Waals surface area contributed by atoms with Crippen LogP contribution in [0.1, 0.15) is 17.2 Å². The molecule has 1 saturated heterocycles. The molecular formula is C18H12N2O5S2. The second kappa shape index (κ2) is 7.68. The highest BCUT2D eigenvalue weighted by atomic mass is 32.2. The number of amides is 1. The molecule has 1 N–H and O–H groups in total. The molecule has 0 saturated carbocycles. The standard InChI is InChI=1S/C18H12N2O5S2/c21-16-14(10-11-6-8-13(9-7-11)20(24)25)27-18(26)19(16)15(17(22)23)12-4-2-1-3-5-12/h1-10,15H,(H,22,23)/b14-10-. The molecule has 0 bridgehead atoms. The molecular weight excluding hydrogens is 388 g/mol. The number of rotatable bonds is 5. The Kier molecular flexibility index (Phi) is 5.33. The number of thioether (sulfide) groups is 1. The maximum atomic E-state index is 12.8. The molecule has 2 aromatic rings. The first kappa shape index (κ1) is 18.7. The minimum Gasteiger partial charge on any atom is -0.479 e. The molecule has 1 heterocycles. The van der Waals surface area contributed by atoms with E-state index in [4.69, 9.17) is 12.2 Å². The summed E-state index contributed by atoms with van der Waals surface area (Å²) in [5.74, 6) is -1.70. The van der Waals surface area contributed by atoms with Gasteiger partial charge >= 0.3 is 5.97 Å². The van der Waals surface area contributed by atoms with Crippen molar-refractivity contribution < 1.29 is 19.6 Å². The summed E-state index contributed by atoms with van der Waals surface area (Å²) in [4.78, 5) is 36.1. The van der Waals surface area contributed by atoms with Gasteiger partial charge in [0.2, 0.25) is 0 Å². The number of non-ortho nitro benzene ring substituents is 1. The second-order valence-corrected chi connectivity index (χ2v) is 7.23. The number of carbonyl (C=O) groups is 2. The van der Waals surface area contributed by atoms with Crippen molar-refractivity contribution in [1.29, 1.82) is 0 Å². The molecule has 0 aliphatic carbocycles. The Morgan fingerprint density at radius 3 is 2.37 bits per heavy atom. The zero-order valence-corrected chi connectivity index (χ0v) is 15.3. The van der Waals surface area contributed by atoms with Crippen molar-refractivity contribution in [2.75, 3.05) is 0 Å². The average molecular weight is 400 g/mol. The van der Waals surface area contributed by atoms with Gasteiger partial charge < -0.3 is 5.11 Å². The van der Waals surface area contributed by atoms with Gasteiger partial charge in [0.15, 0.2) is 6.04 Å². The summed E-state index contributed by atoms with van der Waals surface area (Å²) in [5.41, 5.74) is 0.959. The normalized spacial score (nSPS) is 16.6. The van der Waals surface area contributed by atoms with Gasteiger partial charge in [0.1, 0.15) is 4.32 Å². The van der Waals surface area contributed by atoms with Crippen LogP contribution in [0.5, 0.6) is 0 Å². The number of aliphatic carboxylic acids is 1. The molecule has 0 spiro atoms. The van der Waals surface area contributed by atoms with Gasteiger partial charge in [0, 0.05) is 12.1 Å². The number of benzene rings is 2. The van der Waals surface area contributed by atoms with Gasteiger partial charge in [0.25, 0.3) is 11.6 Å². The van der Waals surface area contributed by atoms with Crippen molar-refractivity contribution in [3.05, 3.63) is 80.7 Å². The third kappa shape index (κ3) is 3.88. The minimum absolute atomic E-state index is 0.0604. The lowest BCUT2D eigenvalue weighted by Gasteiger charge is -2.23. The second-order valence-electron chi connectivity index (χ2n) is 5.55. The lowest BCUT2D eigenvalue weighted by atomic mass is 10.1. The molecule has 1 amide bonds. The van der Waals surface area contributed by atoms with E-state index < -0.39 is 22.8 Å². The Labute approximate surface area is 163 Å². The molecule has 1 aliphatic rings. The van der Waals surface area contributed by atoms with Crippen LogP contribution in [-0.2, 0) is 9.59 Å². The zero-order valence-electron chi connectivity index (χ0n) is 13.6. The van der Waals surface area contributed by atoms with E-state index in [2.05, 4.69) is 0 Å². The van der Waals surface area contributed by atoms with Crippen LogP contribution in [0.25, 0.3) is 6.08 Å². The average Bonchev–Trinajstić information content (AvgIpc) is 2.91. The molecule has 0 aromatic heterocycles. The summed E-state index contributed by atoms with van der Waals surface area (Å²) >= 11 is 6.24. The smallest absolute Gasteiger partial charge is 0.331 e. The summed E-state index contributed by atoms with van der Waals surface area (Å²) < 4.78 is 0.143. The first-order valence-corrected chi connectivity index (χ1v) is 8.90. The van der Waals surface area contributed by atoms with Crippen molar-refractivity contribution in [1.82, 2.24) is 4.90 Å². The molecule has 27 heavy (non-hydrogen) atoms. The van der Waals surface area contributed by atoms with Crippen LogP contribution in [0, 0.1) is 10.1 Å². The van der Waals surface area contributed by atoms with E-state index in [-0.39, 0.29) is 14.9 Å². The van der Waals surface area contributed by atoms with Crippen molar-refractivity contribution in [2.45, 2.75) is 6.04 Å². The first-order valence-electron chi connectivity index (χ1n) is 7.68. The molecule has 9 heteroatoms. The number of hydrogen-bond donors (Lipinski definition) is 1. The zero-order chi connectivity index (χ0) is 19.6. The number of thiocarbonyl (C=S) groups is 1. The lowest BCUT2D eigenvalue weighted by Crippen LogP contribution is -2.37. The molecule has 3 rings (SSSR count). The number of hydrogen-bond acceptors (Lipinski definition) is 6. The summed E-state index contributed by atoms with van der Waals surface area (Å²) in [6.07, 6.45) is 1.53. The predicted octanol–water partition coefficient (Wildman–Crippen LogP) is 3.62. The number of carboxylic acid groups (broad SMARTS) is 1. The Bertz CT molecular complexity index is 957. The molecule has 1 atom stereocenters. The maximum absolute atomic E-state index is 12.8. The van der Waals surface area contributed by atoms with Gasteiger partial charge in [-0.15, -0.1) is 0 Å².